The predicted molar refractivity (Wildman–Crippen MR) is 91.9 cm³/mol. The molecule has 3 heterocycles. The van der Waals surface area contributed by atoms with Crippen molar-refractivity contribution in [2.75, 3.05) is 6.54 Å². The molecule has 0 radical (unpaired) electrons. The molecule has 24 heavy (non-hydrogen) atoms. The van der Waals surface area contributed by atoms with Crippen molar-refractivity contribution >= 4 is 22.6 Å². The van der Waals surface area contributed by atoms with Gasteiger partial charge in [0.25, 0.3) is 11.7 Å². The smallest absolute Gasteiger partial charge is 0.295 e. The van der Waals surface area contributed by atoms with E-state index in [1.54, 1.807) is 4.90 Å². The Balaban J connectivity index is 1.70. The zero-order chi connectivity index (χ0) is 16.8. The number of nitrogens with zero attached hydrogens (tertiary/aromatic N) is 2. The van der Waals surface area contributed by atoms with Gasteiger partial charge in [-0.25, -0.2) is 0 Å². The van der Waals surface area contributed by atoms with Gasteiger partial charge in [0, 0.05) is 41.6 Å². The molecule has 5 nitrogen and oxygen atoms in total. The third-order valence-electron chi connectivity index (χ3n) is 4.92. The van der Waals surface area contributed by atoms with E-state index >= 15 is 0 Å². The van der Waals surface area contributed by atoms with Crippen LogP contribution in [0.1, 0.15) is 34.7 Å². The van der Waals surface area contributed by atoms with Gasteiger partial charge in [-0.05, 0) is 32.0 Å². The number of nitrogens with one attached hydrogen (secondary N) is 1. The van der Waals surface area contributed by atoms with Crippen molar-refractivity contribution in [1.29, 1.82) is 0 Å². The summed E-state index contributed by atoms with van der Waals surface area (Å²) < 4.78 is 2.13. The number of rotatable bonds is 2. The lowest BCUT2D eigenvalue weighted by atomic mass is 10.0. The average molecular weight is 321 g/mol. The third kappa shape index (κ3) is 2.08. The molecule has 0 bridgehead atoms. The highest BCUT2D eigenvalue weighted by Gasteiger charge is 2.33. The van der Waals surface area contributed by atoms with Crippen LogP contribution in [0.3, 0.4) is 0 Å². The summed E-state index contributed by atoms with van der Waals surface area (Å²) in [6.45, 7) is 5.08. The van der Waals surface area contributed by atoms with E-state index < -0.39 is 11.7 Å². The van der Waals surface area contributed by atoms with Gasteiger partial charge in [0.2, 0.25) is 0 Å². The first kappa shape index (κ1) is 14.8. The van der Waals surface area contributed by atoms with E-state index in [1.165, 1.54) is 0 Å². The Kier molecular flexibility index (Phi) is 3.30. The fourth-order valence-electron chi connectivity index (χ4n) is 3.66. The van der Waals surface area contributed by atoms with E-state index in [0.29, 0.717) is 12.1 Å². The molecule has 1 aliphatic rings. The number of carbonyl (C=O) groups is 2. The number of hydrogen-bond acceptors (Lipinski definition) is 2. The van der Waals surface area contributed by atoms with Gasteiger partial charge in [0.1, 0.15) is 0 Å². The molecule has 0 aliphatic carbocycles. The molecule has 0 saturated carbocycles. The summed E-state index contributed by atoms with van der Waals surface area (Å²) in [5.74, 6) is -0.861. The van der Waals surface area contributed by atoms with Gasteiger partial charge in [0.05, 0.1) is 11.6 Å². The van der Waals surface area contributed by atoms with Crippen LogP contribution >= 0.6 is 0 Å². The van der Waals surface area contributed by atoms with Crippen molar-refractivity contribution in [2.45, 2.75) is 26.4 Å². The van der Waals surface area contributed by atoms with Gasteiger partial charge in [-0.2, -0.15) is 0 Å². The van der Waals surface area contributed by atoms with Crippen molar-refractivity contribution in [3.05, 3.63) is 59.5 Å². The number of H-pyrrole nitrogens is 1. The number of Topliss-reactive ketones (excluding diaryl/α,β-unsaturated/α-hetero) is 1. The SMILES string of the molecule is Cc1[nH]c2ccccc2c1C(=O)C(=O)N1CCn2cccc2C1C. The minimum absolute atomic E-state index is 0.101. The highest BCUT2D eigenvalue weighted by molar-refractivity contribution is 6.45. The van der Waals surface area contributed by atoms with Crippen molar-refractivity contribution < 1.29 is 9.59 Å². The number of ketones is 1. The van der Waals surface area contributed by atoms with Crippen molar-refractivity contribution in [2.24, 2.45) is 0 Å². The fourth-order valence-corrected chi connectivity index (χ4v) is 3.66. The predicted octanol–water partition coefficient (Wildman–Crippen LogP) is 3.06. The van der Waals surface area contributed by atoms with Crippen molar-refractivity contribution in [3.8, 4) is 0 Å². The Hall–Kier alpha value is -2.82. The summed E-state index contributed by atoms with van der Waals surface area (Å²) in [4.78, 5) is 30.7. The molecule has 4 rings (SSSR count). The van der Waals surface area contributed by atoms with E-state index in [9.17, 15) is 9.59 Å². The number of aryl methyl sites for hydroxylation is 1. The van der Waals surface area contributed by atoms with Crippen LogP contribution in [-0.2, 0) is 11.3 Å². The lowest BCUT2D eigenvalue weighted by molar-refractivity contribution is -0.129. The number of para-hydroxylation sites is 1. The maximum Gasteiger partial charge on any atom is 0.295 e. The highest BCUT2D eigenvalue weighted by atomic mass is 16.2. The maximum atomic E-state index is 12.9. The first-order valence-electron chi connectivity index (χ1n) is 8.15. The van der Waals surface area contributed by atoms with Gasteiger partial charge >= 0.3 is 0 Å². The van der Waals surface area contributed by atoms with Crippen LogP contribution in [0.25, 0.3) is 10.9 Å². The second kappa shape index (κ2) is 5.37. The van der Waals surface area contributed by atoms with E-state index in [4.69, 9.17) is 0 Å². The lowest BCUT2D eigenvalue weighted by Gasteiger charge is -2.34. The summed E-state index contributed by atoms with van der Waals surface area (Å²) >= 11 is 0. The number of aromatic nitrogens is 2. The molecular formula is C19H19N3O2. The second-order valence-corrected chi connectivity index (χ2v) is 6.30. The summed E-state index contributed by atoms with van der Waals surface area (Å²) in [7, 11) is 0. The summed E-state index contributed by atoms with van der Waals surface area (Å²) in [5, 5.41) is 0.807. The quantitative estimate of drug-likeness (QED) is 0.582. The molecule has 0 spiro atoms. The Labute approximate surface area is 139 Å². The zero-order valence-electron chi connectivity index (χ0n) is 13.7. The van der Waals surface area contributed by atoms with E-state index in [2.05, 4.69) is 9.55 Å². The lowest BCUT2D eigenvalue weighted by Crippen LogP contribution is -2.44. The number of amides is 1. The van der Waals surface area contributed by atoms with Gasteiger partial charge in [-0.1, -0.05) is 18.2 Å². The molecule has 1 aliphatic heterocycles. The van der Waals surface area contributed by atoms with Crippen molar-refractivity contribution in [3.63, 3.8) is 0 Å². The average Bonchev–Trinajstić information content (AvgIpc) is 3.17. The maximum absolute atomic E-state index is 12.9. The van der Waals surface area contributed by atoms with E-state index in [1.807, 2.05) is 56.4 Å². The molecule has 0 saturated heterocycles. The summed E-state index contributed by atoms with van der Waals surface area (Å²) in [6, 6.07) is 11.5. The first-order chi connectivity index (χ1) is 11.6. The number of aromatic amines is 1. The Bertz CT molecular complexity index is 951. The van der Waals surface area contributed by atoms with Gasteiger partial charge in [0.15, 0.2) is 0 Å². The van der Waals surface area contributed by atoms with Crippen LogP contribution in [0, 0.1) is 6.92 Å². The first-order valence-corrected chi connectivity index (χ1v) is 8.15. The molecule has 3 aromatic rings. The monoisotopic (exact) mass is 321 g/mol. The molecule has 1 aromatic carbocycles. The molecular weight excluding hydrogens is 302 g/mol. The Morgan fingerprint density at radius 1 is 1.12 bits per heavy atom. The van der Waals surface area contributed by atoms with Crippen LogP contribution in [0.2, 0.25) is 0 Å². The van der Waals surface area contributed by atoms with E-state index in [-0.39, 0.29) is 6.04 Å². The molecule has 1 atom stereocenters. The van der Waals surface area contributed by atoms with Gasteiger partial charge < -0.3 is 14.5 Å². The van der Waals surface area contributed by atoms with Crippen LogP contribution in [0.5, 0.6) is 0 Å². The molecule has 1 amide bonds. The van der Waals surface area contributed by atoms with Gasteiger partial charge in [-0.3, -0.25) is 9.59 Å². The number of benzene rings is 1. The topological polar surface area (TPSA) is 58.1 Å². The highest BCUT2D eigenvalue weighted by Crippen LogP contribution is 2.28. The van der Waals surface area contributed by atoms with Crippen LogP contribution in [-0.4, -0.2) is 32.7 Å². The fraction of sp³-hybridized carbons (Fsp3) is 0.263. The molecule has 5 heteroatoms. The minimum Gasteiger partial charge on any atom is -0.358 e. The Morgan fingerprint density at radius 3 is 2.75 bits per heavy atom. The second-order valence-electron chi connectivity index (χ2n) is 6.30. The standard InChI is InChI=1S/C19H19N3O2/c1-12-17(14-6-3-4-7-15(14)20-12)18(23)19(24)22-11-10-21-9-5-8-16(21)13(22)2/h3-9,13,20H,10-11H2,1-2H3. The largest absolute Gasteiger partial charge is 0.358 e. The van der Waals surface area contributed by atoms with Gasteiger partial charge in [-0.15, -0.1) is 0 Å². The molecule has 0 fully saturated rings. The van der Waals surface area contributed by atoms with E-state index in [0.717, 1.165) is 28.8 Å². The zero-order valence-corrected chi connectivity index (χ0v) is 13.7. The Morgan fingerprint density at radius 2 is 1.92 bits per heavy atom. The third-order valence-corrected chi connectivity index (χ3v) is 4.92. The number of hydrogen-bond donors (Lipinski definition) is 1. The number of fused-ring (bicyclic) bond motifs is 2. The van der Waals surface area contributed by atoms with Crippen molar-refractivity contribution in [1.82, 2.24) is 14.5 Å². The molecule has 1 unspecified atom stereocenters. The summed E-state index contributed by atoms with van der Waals surface area (Å²) in [5.41, 5.74) is 3.18. The normalized spacial score (nSPS) is 17.1. The van der Waals surface area contributed by atoms with Crippen LogP contribution in [0.4, 0.5) is 0 Å². The molecule has 122 valence electrons. The summed E-state index contributed by atoms with van der Waals surface area (Å²) in [6.07, 6.45) is 2.01. The number of carbonyl (C=O) groups excluding carboxylic acids is 2. The molecule has 1 N–H and O–H groups in total. The van der Waals surface area contributed by atoms with Crippen LogP contribution < -0.4 is 0 Å². The minimum atomic E-state index is -0.434. The molecule has 2 aromatic heterocycles. The van der Waals surface area contributed by atoms with Crippen LogP contribution in [0.15, 0.2) is 42.6 Å².